The summed E-state index contributed by atoms with van der Waals surface area (Å²) >= 11 is 0. The number of aldehydes is 1. The number of nitrogens with zero attached hydrogens (tertiary/aromatic N) is 3. The van der Waals surface area contributed by atoms with Crippen molar-refractivity contribution in [2.45, 2.75) is 51.5 Å². The van der Waals surface area contributed by atoms with Crippen molar-refractivity contribution in [1.29, 1.82) is 0 Å². The quantitative estimate of drug-likeness (QED) is 0.302. The lowest BCUT2D eigenvalue weighted by atomic mass is 10.1. The number of unbranched alkanes of at least 4 members (excludes halogenated alkanes) is 6. The van der Waals surface area contributed by atoms with E-state index in [-0.39, 0.29) is 17.1 Å². The summed E-state index contributed by atoms with van der Waals surface area (Å²) in [5.74, 6) is -0.863. The number of carbonyl (C=O) groups is 2. The number of hydrogen-bond donors (Lipinski definition) is 2. The molecular formula is C26H35FN4O5. The van der Waals surface area contributed by atoms with Gasteiger partial charge < -0.3 is 20.1 Å². The molecule has 0 spiro atoms. The molecule has 0 aliphatic carbocycles. The molecule has 1 amide bonds. The SMILES string of the molecule is CNCc1ccc(F)cc1OCCCCCCCCCN1CN(C)C(=O)c2c(O)c(=O)c(C=O)cn21. The summed E-state index contributed by atoms with van der Waals surface area (Å²) in [4.78, 5) is 37.2. The van der Waals surface area contributed by atoms with Crippen LogP contribution in [0.25, 0.3) is 0 Å². The number of carbonyl (C=O) groups excluding carboxylic acids is 2. The molecular weight excluding hydrogens is 467 g/mol. The summed E-state index contributed by atoms with van der Waals surface area (Å²) in [5.41, 5.74) is -0.189. The second-order valence-electron chi connectivity index (χ2n) is 9.05. The molecule has 0 saturated carbocycles. The van der Waals surface area contributed by atoms with Crippen LogP contribution in [-0.2, 0) is 6.54 Å². The molecule has 1 aromatic carbocycles. The molecule has 0 radical (unpaired) electrons. The Labute approximate surface area is 210 Å². The Bertz CT molecular complexity index is 1120. The highest BCUT2D eigenvalue weighted by molar-refractivity contribution is 5.96. The number of ether oxygens (including phenoxy) is 1. The zero-order valence-electron chi connectivity index (χ0n) is 21.0. The van der Waals surface area contributed by atoms with E-state index < -0.39 is 17.1 Å². The zero-order chi connectivity index (χ0) is 26.1. The third-order valence-electron chi connectivity index (χ3n) is 6.26. The predicted octanol–water partition coefficient (Wildman–Crippen LogP) is 3.02. The van der Waals surface area contributed by atoms with Crippen molar-refractivity contribution in [3.05, 3.63) is 57.3 Å². The summed E-state index contributed by atoms with van der Waals surface area (Å²) in [6, 6.07) is 4.61. The number of hydrogen-bond acceptors (Lipinski definition) is 7. The minimum absolute atomic E-state index is 0.113. The van der Waals surface area contributed by atoms with Gasteiger partial charge in [0, 0.05) is 38.0 Å². The maximum Gasteiger partial charge on any atom is 0.277 e. The van der Waals surface area contributed by atoms with Crippen molar-refractivity contribution in [2.24, 2.45) is 0 Å². The topological polar surface area (TPSA) is 104 Å². The number of rotatable bonds is 14. The number of fused-ring (bicyclic) bond motifs is 1. The summed E-state index contributed by atoms with van der Waals surface area (Å²) in [6.45, 7) is 2.09. The van der Waals surface area contributed by atoms with Crippen LogP contribution in [0.4, 0.5) is 4.39 Å². The number of aromatic hydroxyl groups is 1. The first kappa shape index (κ1) is 27.2. The normalized spacial score (nSPS) is 13.1. The van der Waals surface area contributed by atoms with Crippen LogP contribution < -0.4 is 20.5 Å². The second kappa shape index (κ2) is 13.1. The molecule has 36 heavy (non-hydrogen) atoms. The smallest absolute Gasteiger partial charge is 0.277 e. The summed E-state index contributed by atoms with van der Waals surface area (Å²) in [7, 11) is 3.45. The molecule has 196 valence electrons. The van der Waals surface area contributed by atoms with Crippen molar-refractivity contribution in [1.82, 2.24) is 14.9 Å². The van der Waals surface area contributed by atoms with Crippen molar-refractivity contribution in [3.63, 3.8) is 0 Å². The van der Waals surface area contributed by atoms with Gasteiger partial charge in [0.05, 0.1) is 12.2 Å². The molecule has 1 aromatic heterocycles. The molecule has 0 atom stereocenters. The molecule has 0 unspecified atom stereocenters. The fourth-order valence-corrected chi connectivity index (χ4v) is 4.31. The summed E-state index contributed by atoms with van der Waals surface area (Å²) in [6.07, 6.45) is 8.72. The zero-order valence-corrected chi connectivity index (χ0v) is 21.0. The molecule has 0 fully saturated rings. The van der Waals surface area contributed by atoms with E-state index in [9.17, 15) is 23.9 Å². The molecule has 0 bridgehead atoms. The number of halogens is 1. The molecule has 0 saturated heterocycles. The van der Waals surface area contributed by atoms with Gasteiger partial charge in [-0.1, -0.05) is 38.2 Å². The molecule has 10 heteroatoms. The standard InChI is InChI=1S/C26H35FN4O5/c1-28-15-19-10-11-21(27)14-22(19)36-13-9-7-5-3-4-6-8-12-30-18-29(2)26(35)23-25(34)24(33)20(17-32)16-31(23)30/h10-11,14,16-17,28,34H,3-9,12-13,15,18H2,1-2H3. The molecule has 2 aromatic rings. The highest BCUT2D eigenvalue weighted by Gasteiger charge is 2.31. The van der Waals surface area contributed by atoms with Crippen LogP contribution in [0, 0.1) is 5.82 Å². The largest absolute Gasteiger partial charge is 0.502 e. The van der Waals surface area contributed by atoms with Gasteiger partial charge in [0.2, 0.25) is 5.43 Å². The summed E-state index contributed by atoms with van der Waals surface area (Å²) in [5, 5.41) is 15.1. The van der Waals surface area contributed by atoms with E-state index in [1.165, 1.54) is 27.9 Å². The Balaban J connectivity index is 1.37. The van der Waals surface area contributed by atoms with Crippen LogP contribution in [-0.4, -0.2) is 60.8 Å². The maximum atomic E-state index is 13.5. The lowest BCUT2D eigenvalue weighted by molar-refractivity contribution is 0.0732. The minimum Gasteiger partial charge on any atom is -0.502 e. The predicted molar refractivity (Wildman–Crippen MR) is 135 cm³/mol. The number of pyridine rings is 1. The molecule has 9 nitrogen and oxygen atoms in total. The van der Waals surface area contributed by atoms with Crippen LogP contribution in [0.15, 0.2) is 29.2 Å². The van der Waals surface area contributed by atoms with Gasteiger partial charge >= 0.3 is 0 Å². The lowest BCUT2D eigenvalue weighted by Gasteiger charge is -2.38. The van der Waals surface area contributed by atoms with Gasteiger partial charge in [0.15, 0.2) is 17.7 Å². The van der Waals surface area contributed by atoms with Crippen molar-refractivity contribution in [2.75, 3.05) is 38.9 Å². The first-order valence-electron chi connectivity index (χ1n) is 12.4. The minimum atomic E-state index is -0.834. The highest BCUT2D eigenvalue weighted by atomic mass is 19.1. The van der Waals surface area contributed by atoms with Gasteiger partial charge in [0.25, 0.3) is 5.91 Å². The van der Waals surface area contributed by atoms with Crippen LogP contribution in [0.2, 0.25) is 0 Å². The summed E-state index contributed by atoms with van der Waals surface area (Å²) < 4.78 is 20.7. The van der Waals surface area contributed by atoms with Crippen molar-refractivity contribution < 1.29 is 23.8 Å². The Hall–Kier alpha value is -3.40. The first-order valence-corrected chi connectivity index (χ1v) is 12.4. The van der Waals surface area contributed by atoms with E-state index >= 15 is 0 Å². The van der Waals surface area contributed by atoms with Crippen LogP contribution in [0.3, 0.4) is 0 Å². The highest BCUT2D eigenvalue weighted by Crippen LogP contribution is 2.22. The van der Waals surface area contributed by atoms with E-state index in [0.29, 0.717) is 38.4 Å². The Morgan fingerprint density at radius 3 is 2.50 bits per heavy atom. The third kappa shape index (κ3) is 6.63. The van der Waals surface area contributed by atoms with Gasteiger partial charge in [-0.15, -0.1) is 0 Å². The second-order valence-corrected chi connectivity index (χ2v) is 9.05. The van der Waals surface area contributed by atoms with Gasteiger partial charge in [-0.2, -0.15) is 0 Å². The first-order chi connectivity index (χ1) is 17.4. The van der Waals surface area contributed by atoms with Gasteiger partial charge in [-0.3, -0.25) is 24.1 Å². The number of nitrogens with one attached hydrogen (secondary N) is 1. The van der Waals surface area contributed by atoms with Gasteiger partial charge in [0.1, 0.15) is 18.2 Å². The molecule has 2 N–H and O–H groups in total. The van der Waals surface area contributed by atoms with Gasteiger partial charge in [-0.25, -0.2) is 4.39 Å². The van der Waals surface area contributed by atoms with Crippen molar-refractivity contribution in [3.8, 4) is 11.5 Å². The van der Waals surface area contributed by atoms with Crippen LogP contribution in [0.5, 0.6) is 11.5 Å². The lowest BCUT2D eigenvalue weighted by Crippen LogP contribution is -2.53. The van der Waals surface area contributed by atoms with Crippen LogP contribution in [0.1, 0.15) is 71.4 Å². The average molecular weight is 503 g/mol. The van der Waals surface area contributed by atoms with E-state index in [1.807, 2.05) is 12.1 Å². The fourth-order valence-electron chi connectivity index (χ4n) is 4.31. The maximum absolute atomic E-state index is 13.5. The van der Waals surface area contributed by atoms with E-state index in [4.69, 9.17) is 4.74 Å². The molecule has 2 heterocycles. The molecule has 1 aliphatic rings. The average Bonchev–Trinajstić information content (AvgIpc) is 2.86. The van der Waals surface area contributed by atoms with E-state index in [2.05, 4.69) is 5.32 Å². The number of amides is 1. The Kier molecular flexibility index (Phi) is 9.86. The monoisotopic (exact) mass is 502 g/mol. The van der Waals surface area contributed by atoms with Gasteiger partial charge in [-0.05, 0) is 26.0 Å². The fraction of sp³-hybridized carbons (Fsp3) is 0.500. The Morgan fingerprint density at radius 2 is 1.81 bits per heavy atom. The third-order valence-corrected chi connectivity index (χ3v) is 6.26. The Morgan fingerprint density at radius 1 is 1.11 bits per heavy atom. The molecule has 3 rings (SSSR count). The number of aromatic nitrogens is 1. The van der Waals surface area contributed by atoms with Crippen molar-refractivity contribution >= 4 is 12.2 Å². The number of benzene rings is 1. The van der Waals surface area contributed by atoms with Crippen LogP contribution >= 0.6 is 0 Å². The molecule has 1 aliphatic heterocycles. The van der Waals surface area contributed by atoms with E-state index in [1.54, 1.807) is 13.1 Å². The van der Waals surface area contributed by atoms with E-state index in [0.717, 1.165) is 50.5 Å².